The number of pyridine rings is 1. The molecule has 0 aliphatic heterocycles. The van der Waals surface area contributed by atoms with Gasteiger partial charge in [-0.15, -0.1) is 0 Å². The average Bonchev–Trinajstić information content (AvgIpc) is 2.90. The van der Waals surface area contributed by atoms with Gasteiger partial charge in [-0.05, 0) is 19.1 Å². The predicted molar refractivity (Wildman–Crippen MR) is 72.1 cm³/mol. The van der Waals surface area contributed by atoms with Crippen molar-refractivity contribution in [3.63, 3.8) is 0 Å². The van der Waals surface area contributed by atoms with E-state index in [9.17, 15) is 0 Å². The summed E-state index contributed by atoms with van der Waals surface area (Å²) in [5.74, 6) is 0.934. The van der Waals surface area contributed by atoms with Crippen LogP contribution in [0.4, 0.5) is 5.69 Å². The lowest BCUT2D eigenvalue weighted by molar-refractivity contribution is 0.431. The molecule has 0 aliphatic rings. The van der Waals surface area contributed by atoms with E-state index in [0.717, 1.165) is 5.56 Å². The molecule has 1 aromatic carbocycles. The van der Waals surface area contributed by atoms with Crippen molar-refractivity contribution in [1.29, 1.82) is 0 Å². The Labute approximate surface area is 110 Å². The van der Waals surface area contributed by atoms with Gasteiger partial charge >= 0.3 is 0 Å². The summed E-state index contributed by atoms with van der Waals surface area (Å²) in [7, 11) is 0. The number of hydrogen-bond acceptors (Lipinski definition) is 5. The maximum atomic E-state index is 5.59. The lowest BCUT2D eigenvalue weighted by atomic mass is 10.1. The zero-order valence-electron chi connectivity index (χ0n) is 10.4. The van der Waals surface area contributed by atoms with Crippen LogP contribution >= 0.6 is 0 Å². The van der Waals surface area contributed by atoms with Gasteiger partial charge in [0.2, 0.25) is 5.82 Å². The van der Waals surface area contributed by atoms with Gasteiger partial charge in [0.1, 0.15) is 5.69 Å². The average molecular weight is 252 g/mol. The monoisotopic (exact) mass is 252 g/mol. The summed E-state index contributed by atoms with van der Waals surface area (Å²) in [6, 6.07) is 11.4. The fourth-order valence-corrected chi connectivity index (χ4v) is 1.68. The highest BCUT2D eigenvalue weighted by Crippen LogP contribution is 2.21. The maximum Gasteiger partial charge on any atom is 0.276 e. The highest BCUT2D eigenvalue weighted by Gasteiger charge is 2.11. The number of anilines is 1. The van der Waals surface area contributed by atoms with Crippen LogP contribution in [0.25, 0.3) is 23.0 Å². The third-order valence-corrected chi connectivity index (χ3v) is 2.74. The number of aryl methyl sites for hydroxylation is 1. The summed E-state index contributed by atoms with van der Waals surface area (Å²) in [6.07, 6.45) is 1.56. The molecule has 94 valence electrons. The van der Waals surface area contributed by atoms with Crippen LogP contribution in [0.3, 0.4) is 0 Å². The van der Waals surface area contributed by atoms with Gasteiger partial charge in [-0.25, -0.2) is 4.98 Å². The van der Waals surface area contributed by atoms with E-state index < -0.39 is 0 Å². The molecule has 0 unspecified atom stereocenters. The predicted octanol–water partition coefficient (Wildman–Crippen LogP) is 2.69. The Kier molecular flexibility index (Phi) is 2.72. The van der Waals surface area contributed by atoms with E-state index in [2.05, 4.69) is 15.1 Å². The third-order valence-electron chi connectivity index (χ3n) is 2.74. The van der Waals surface area contributed by atoms with Crippen molar-refractivity contribution >= 4 is 5.69 Å². The molecule has 0 fully saturated rings. The molecule has 0 saturated carbocycles. The van der Waals surface area contributed by atoms with Gasteiger partial charge in [0.15, 0.2) is 0 Å². The third kappa shape index (κ3) is 2.30. The summed E-state index contributed by atoms with van der Waals surface area (Å²) in [6.45, 7) is 2.03. The van der Waals surface area contributed by atoms with Crippen LogP contribution in [0.2, 0.25) is 0 Å². The molecule has 0 radical (unpaired) electrons. The highest BCUT2D eigenvalue weighted by atomic mass is 16.5. The summed E-state index contributed by atoms with van der Waals surface area (Å²) in [5, 5.41) is 3.96. The fraction of sp³-hybridized carbons (Fsp3) is 0.0714. The number of rotatable bonds is 2. The molecule has 3 rings (SSSR count). The number of nitrogens with two attached hydrogens (primary N) is 1. The van der Waals surface area contributed by atoms with E-state index in [0.29, 0.717) is 23.1 Å². The molecule has 0 saturated heterocycles. The number of benzene rings is 1. The Bertz CT molecular complexity index is 626. The first-order valence-corrected chi connectivity index (χ1v) is 5.85. The molecule has 2 heterocycles. The minimum atomic E-state index is 0.385. The SMILES string of the molecule is Cc1ccc(-c2noc(-c3ccc(N)cn3)n2)cc1. The Morgan fingerprint density at radius 2 is 1.84 bits per heavy atom. The largest absolute Gasteiger partial charge is 0.397 e. The first kappa shape index (κ1) is 11.4. The van der Waals surface area contributed by atoms with E-state index >= 15 is 0 Å². The van der Waals surface area contributed by atoms with Gasteiger partial charge in [-0.2, -0.15) is 4.98 Å². The zero-order chi connectivity index (χ0) is 13.2. The molecule has 5 heteroatoms. The quantitative estimate of drug-likeness (QED) is 0.758. The second kappa shape index (κ2) is 4.53. The van der Waals surface area contributed by atoms with Gasteiger partial charge in [-0.1, -0.05) is 35.0 Å². The normalized spacial score (nSPS) is 10.6. The van der Waals surface area contributed by atoms with Crippen molar-refractivity contribution in [1.82, 2.24) is 15.1 Å². The molecular formula is C14H12N4O. The van der Waals surface area contributed by atoms with Gasteiger partial charge in [-0.3, -0.25) is 0 Å². The summed E-state index contributed by atoms with van der Waals surface area (Å²) < 4.78 is 5.21. The smallest absolute Gasteiger partial charge is 0.276 e. The number of nitrogens with zero attached hydrogens (tertiary/aromatic N) is 3. The van der Waals surface area contributed by atoms with E-state index in [1.54, 1.807) is 18.3 Å². The molecule has 0 aliphatic carbocycles. The van der Waals surface area contributed by atoms with E-state index in [-0.39, 0.29) is 0 Å². The van der Waals surface area contributed by atoms with Gasteiger partial charge in [0.25, 0.3) is 5.89 Å². The van der Waals surface area contributed by atoms with Gasteiger partial charge in [0.05, 0.1) is 11.9 Å². The molecule has 5 nitrogen and oxygen atoms in total. The van der Waals surface area contributed by atoms with Crippen LogP contribution in [-0.4, -0.2) is 15.1 Å². The highest BCUT2D eigenvalue weighted by molar-refractivity contribution is 5.58. The second-order valence-corrected chi connectivity index (χ2v) is 4.27. The first-order valence-electron chi connectivity index (χ1n) is 5.85. The maximum absolute atomic E-state index is 5.59. The summed E-state index contributed by atoms with van der Waals surface area (Å²) in [5.41, 5.74) is 8.90. The van der Waals surface area contributed by atoms with Crippen LogP contribution in [0.5, 0.6) is 0 Å². The Balaban J connectivity index is 1.95. The Morgan fingerprint density at radius 3 is 2.53 bits per heavy atom. The van der Waals surface area contributed by atoms with Crippen molar-refractivity contribution in [3.8, 4) is 23.0 Å². The van der Waals surface area contributed by atoms with E-state index in [1.165, 1.54) is 5.56 Å². The minimum Gasteiger partial charge on any atom is -0.397 e. The van der Waals surface area contributed by atoms with Crippen molar-refractivity contribution in [3.05, 3.63) is 48.2 Å². The van der Waals surface area contributed by atoms with Crippen LogP contribution in [-0.2, 0) is 0 Å². The van der Waals surface area contributed by atoms with Crippen LogP contribution in [0.1, 0.15) is 5.56 Å². The molecule has 2 N–H and O–H groups in total. The van der Waals surface area contributed by atoms with Crippen molar-refractivity contribution in [2.24, 2.45) is 0 Å². The molecule has 19 heavy (non-hydrogen) atoms. The van der Waals surface area contributed by atoms with Crippen molar-refractivity contribution < 1.29 is 4.52 Å². The molecule has 0 bridgehead atoms. The first-order chi connectivity index (χ1) is 9.22. The second-order valence-electron chi connectivity index (χ2n) is 4.27. The van der Waals surface area contributed by atoms with Crippen molar-refractivity contribution in [2.45, 2.75) is 6.92 Å². The molecule has 0 amide bonds. The molecular weight excluding hydrogens is 240 g/mol. The molecule has 3 aromatic rings. The van der Waals surface area contributed by atoms with Crippen LogP contribution < -0.4 is 5.73 Å². The minimum absolute atomic E-state index is 0.385. The number of aromatic nitrogens is 3. The molecule has 0 spiro atoms. The van der Waals surface area contributed by atoms with Crippen molar-refractivity contribution in [2.75, 3.05) is 5.73 Å². The lowest BCUT2D eigenvalue weighted by Gasteiger charge is -1.95. The van der Waals surface area contributed by atoms with E-state index in [1.807, 2.05) is 31.2 Å². The topological polar surface area (TPSA) is 77.8 Å². The van der Waals surface area contributed by atoms with E-state index in [4.69, 9.17) is 10.3 Å². The zero-order valence-corrected chi connectivity index (χ0v) is 10.4. The number of hydrogen-bond donors (Lipinski definition) is 1. The Hall–Kier alpha value is -2.69. The molecule has 2 aromatic heterocycles. The number of nitrogen functional groups attached to an aromatic ring is 1. The van der Waals surface area contributed by atoms with Gasteiger partial charge < -0.3 is 10.3 Å². The summed E-state index contributed by atoms with van der Waals surface area (Å²) >= 11 is 0. The fourth-order valence-electron chi connectivity index (χ4n) is 1.68. The summed E-state index contributed by atoms with van der Waals surface area (Å²) in [4.78, 5) is 8.48. The standard InChI is InChI=1S/C14H12N4O/c1-9-2-4-10(5-3-9)13-17-14(19-18-13)12-7-6-11(15)8-16-12/h2-8H,15H2,1H3. The van der Waals surface area contributed by atoms with Gasteiger partial charge in [0, 0.05) is 5.56 Å². The Morgan fingerprint density at radius 1 is 1.05 bits per heavy atom. The van der Waals surface area contributed by atoms with Crippen LogP contribution in [0.15, 0.2) is 47.1 Å². The van der Waals surface area contributed by atoms with Crippen LogP contribution in [0, 0.1) is 6.92 Å². The lowest BCUT2D eigenvalue weighted by Crippen LogP contribution is -1.88. The molecule has 0 atom stereocenters.